The van der Waals surface area contributed by atoms with Crippen LogP contribution in [-0.2, 0) is 6.54 Å². The highest BCUT2D eigenvalue weighted by molar-refractivity contribution is 5.51. The van der Waals surface area contributed by atoms with E-state index in [0.29, 0.717) is 6.54 Å². The Hall–Kier alpha value is -2.63. The van der Waals surface area contributed by atoms with E-state index in [1.165, 1.54) is 0 Å². The van der Waals surface area contributed by atoms with Gasteiger partial charge in [0.15, 0.2) is 5.82 Å². The Morgan fingerprint density at radius 1 is 1.26 bits per heavy atom. The standard InChI is InChI=1S/C13H13N5O/c1-10-15-16-17-18(10)12-5-2-4-11(8-12)14-9-13-6-3-7-19-13/h2-8,14H,9H2,1H3. The number of hydrogen-bond acceptors (Lipinski definition) is 5. The zero-order valence-electron chi connectivity index (χ0n) is 10.4. The third kappa shape index (κ3) is 2.47. The fourth-order valence-electron chi connectivity index (χ4n) is 1.82. The molecule has 0 spiro atoms. The van der Waals surface area contributed by atoms with Gasteiger partial charge in [-0.1, -0.05) is 6.07 Å². The Bertz CT molecular complexity index is 659. The third-order valence-corrected chi connectivity index (χ3v) is 2.76. The second-order valence-corrected chi connectivity index (χ2v) is 4.12. The highest BCUT2D eigenvalue weighted by Gasteiger charge is 2.04. The minimum absolute atomic E-state index is 0.644. The molecule has 0 saturated carbocycles. The van der Waals surface area contributed by atoms with E-state index in [2.05, 4.69) is 20.8 Å². The van der Waals surface area contributed by atoms with Crippen molar-refractivity contribution in [3.63, 3.8) is 0 Å². The highest BCUT2D eigenvalue weighted by Crippen LogP contribution is 2.15. The lowest BCUT2D eigenvalue weighted by atomic mass is 10.2. The lowest BCUT2D eigenvalue weighted by molar-refractivity contribution is 0.518. The van der Waals surface area contributed by atoms with E-state index in [1.54, 1.807) is 10.9 Å². The first kappa shape index (κ1) is 11.5. The molecule has 0 atom stereocenters. The molecule has 6 heteroatoms. The predicted octanol–water partition coefficient (Wildman–Crippen LogP) is 2.18. The number of benzene rings is 1. The first-order valence-electron chi connectivity index (χ1n) is 5.94. The summed E-state index contributed by atoms with van der Waals surface area (Å²) in [6.07, 6.45) is 1.66. The molecule has 0 saturated heterocycles. The Morgan fingerprint density at radius 3 is 2.95 bits per heavy atom. The maximum atomic E-state index is 5.28. The van der Waals surface area contributed by atoms with Crippen molar-refractivity contribution in [2.45, 2.75) is 13.5 Å². The second-order valence-electron chi connectivity index (χ2n) is 4.12. The van der Waals surface area contributed by atoms with Crippen molar-refractivity contribution in [3.8, 4) is 5.69 Å². The number of furan rings is 1. The van der Waals surface area contributed by atoms with Gasteiger partial charge in [0, 0.05) is 5.69 Å². The third-order valence-electron chi connectivity index (χ3n) is 2.76. The summed E-state index contributed by atoms with van der Waals surface area (Å²) in [6.45, 7) is 2.51. The van der Waals surface area contributed by atoms with Crippen LogP contribution in [0.4, 0.5) is 5.69 Å². The summed E-state index contributed by atoms with van der Waals surface area (Å²) in [4.78, 5) is 0. The van der Waals surface area contributed by atoms with E-state index in [0.717, 1.165) is 23.0 Å². The van der Waals surface area contributed by atoms with Gasteiger partial charge >= 0.3 is 0 Å². The molecule has 0 aliphatic rings. The maximum Gasteiger partial charge on any atom is 0.153 e. The van der Waals surface area contributed by atoms with Crippen LogP contribution in [0.5, 0.6) is 0 Å². The van der Waals surface area contributed by atoms with Crippen LogP contribution >= 0.6 is 0 Å². The van der Waals surface area contributed by atoms with Crippen LogP contribution < -0.4 is 5.32 Å². The van der Waals surface area contributed by atoms with Crippen LogP contribution in [0.3, 0.4) is 0 Å². The molecule has 6 nitrogen and oxygen atoms in total. The predicted molar refractivity (Wildman–Crippen MR) is 69.9 cm³/mol. The van der Waals surface area contributed by atoms with Crippen molar-refractivity contribution >= 4 is 5.69 Å². The van der Waals surface area contributed by atoms with Gasteiger partial charge in [-0.05, 0) is 47.7 Å². The van der Waals surface area contributed by atoms with E-state index >= 15 is 0 Å². The molecule has 3 aromatic rings. The number of nitrogens with zero attached hydrogens (tertiary/aromatic N) is 4. The van der Waals surface area contributed by atoms with Crippen molar-refractivity contribution in [3.05, 3.63) is 54.2 Å². The molecule has 96 valence electrons. The van der Waals surface area contributed by atoms with Crippen molar-refractivity contribution in [2.24, 2.45) is 0 Å². The molecule has 19 heavy (non-hydrogen) atoms. The van der Waals surface area contributed by atoms with Gasteiger partial charge in [-0.2, -0.15) is 4.68 Å². The second kappa shape index (κ2) is 4.93. The maximum absolute atomic E-state index is 5.28. The summed E-state index contributed by atoms with van der Waals surface area (Å²) in [5.74, 6) is 1.65. The monoisotopic (exact) mass is 255 g/mol. The Kier molecular flexibility index (Phi) is 2.97. The first-order chi connectivity index (χ1) is 9.33. The summed E-state index contributed by atoms with van der Waals surface area (Å²) in [6, 6.07) is 11.7. The van der Waals surface area contributed by atoms with Gasteiger partial charge in [0.25, 0.3) is 0 Å². The number of rotatable bonds is 4. The van der Waals surface area contributed by atoms with E-state index in [1.807, 2.05) is 43.3 Å². The van der Waals surface area contributed by atoms with Gasteiger partial charge < -0.3 is 9.73 Å². The summed E-state index contributed by atoms with van der Waals surface area (Å²) in [5, 5.41) is 14.8. The molecule has 0 bridgehead atoms. The lowest BCUT2D eigenvalue weighted by Crippen LogP contribution is -2.02. The zero-order valence-corrected chi connectivity index (χ0v) is 10.4. The van der Waals surface area contributed by atoms with Gasteiger partial charge in [0.05, 0.1) is 18.5 Å². The lowest BCUT2D eigenvalue weighted by Gasteiger charge is -2.07. The van der Waals surface area contributed by atoms with E-state index in [-0.39, 0.29) is 0 Å². The van der Waals surface area contributed by atoms with Gasteiger partial charge in [-0.25, -0.2) is 0 Å². The average molecular weight is 255 g/mol. The molecule has 0 radical (unpaired) electrons. The molecule has 1 aromatic carbocycles. The fraction of sp³-hybridized carbons (Fsp3) is 0.154. The summed E-state index contributed by atoms with van der Waals surface area (Å²) < 4.78 is 6.97. The van der Waals surface area contributed by atoms with Crippen LogP contribution in [0.1, 0.15) is 11.6 Å². The molecule has 2 heterocycles. The molecule has 0 unspecified atom stereocenters. The summed E-state index contributed by atoms with van der Waals surface area (Å²) in [7, 11) is 0. The Balaban J connectivity index is 1.78. The molecular weight excluding hydrogens is 242 g/mol. The van der Waals surface area contributed by atoms with Crippen LogP contribution in [0, 0.1) is 6.92 Å². The largest absolute Gasteiger partial charge is 0.467 e. The number of nitrogens with one attached hydrogen (secondary N) is 1. The smallest absolute Gasteiger partial charge is 0.153 e. The number of aromatic nitrogens is 4. The topological polar surface area (TPSA) is 68.8 Å². The minimum Gasteiger partial charge on any atom is -0.467 e. The Morgan fingerprint density at radius 2 is 2.21 bits per heavy atom. The van der Waals surface area contributed by atoms with Gasteiger partial charge in [0.2, 0.25) is 0 Å². The molecule has 2 aromatic heterocycles. The van der Waals surface area contributed by atoms with Crippen LogP contribution in [0.25, 0.3) is 5.69 Å². The number of hydrogen-bond donors (Lipinski definition) is 1. The minimum atomic E-state index is 0.644. The quantitative estimate of drug-likeness (QED) is 0.773. The molecular formula is C13H13N5O. The van der Waals surface area contributed by atoms with Gasteiger partial charge in [-0.3, -0.25) is 0 Å². The number of anilines is 1. The summed E-state index contributed by atoms with van der Waals surface area (Å²) in [5.41, 5.74) is 1.91. The zero-order chi connectivity index (χ0) is 13.1. The van der Waals surface area contributed by atoms with Crippen LogP contribution in [0.2, 0.25) is 0 Å². The normalized spacial score (nSPS) is 10.6. The highest BCUT2D eigenvalue weighted by atomic mass is 16.3. The molecule has 0 aliphatic carbocycles. The molecule has 3 rings (SSSR count). The molecule has 0 fully saturated rings. The van der Waals surface area contributed by atoms with Crippen LogP contribution in [-0.4, -0.2) is 20.2 Å². The van der Waals surface area contributed by atoms with Crippen LogP contribution in [0.15, 0.2) is 47.1 Å². The average Bonchev–Trinajstić information content (AvgIpc) is 3.08. The van der Waals surface area contributed by atoms with Crippen molar-refractivity contribution < 1.29 is 4.42 Å². The molecule has 0 amide bonds. The Labute approximate surface area is 110 Å². The summed E-state index contributed by atoms with van der Waals surface area (Å²) >= 11 is 0. The molecule has 0 aliphatic heterocycles. The SMILES string of the molecule is Cc1nnnn1-c1cccc(NCc2ccco2)c1. The van der Waals surface area contributed by atoms with Crippen molar-refractivity contribution in [1.29, 1.82) is 0 Å². The van der Waals surface area contributed by atoms with E-state index in [4.69, 9.17) is 4.42 Å². The van der Waals surface area contributed by atoms with Crippen molar-refractivity contribution in [2.75, 3.05) is 5.32 Å². The number of aryl methyl sites for hydroxylation is 1. The number of tetrazole rings is 1. The van der Waals surface area contributed by atoms with Gasteiger partial charge in [0.1, 0.15) is 5.76 Å². The molecule has 1 N–H and O–H groups in total. The van der Waals surface area contributed by atoms with Crippen molar-refractivity contribution in [1.82, 2.24) is 20.2 Å². The fourth-order valence-corrected chi connectivity index (χ4v) is 1.82. The van der Waals surface area contributed by atoms with E-state index in [9.17, 15) is 0 Å². The first-order valence-corrected chi connectivity index (χ1v) is 5.94. The van der Waals surface area contributed by atoms with E-state index < -0.39 is 0 Å². The van der Waals surface area contributed by atoms with Gasteiger partial charge in [-0.15, -0.1) is 5.10 Å².